The van der Waals surface area contributed by atoms with Gasteiger partial charge < -0.3 is 4.74 Å². The van der Waals surface area contributed by atoms with Crippen molar-refractivity contribution >= 4 is 60.8 Å². The van der Waals surface area contributed by atoms with E-state index in [1.54, 1.807) is 12.1 Å². The van der Waals surface area contributed by atoms with E-state index in [-0.39, 0.29) is 15.0 Å². The Bertz CT molecular complexity index is 922. The van der Waals surface area contributed by atoms with Crippen LogP contribution in [0.15, 0.2) is 48.8 Å². The number of nitrogens with one attached hydrogen (secondary N) is 1. The van der Waals surface area contributed by atoms with Crippen LogP contribution in [0.1, 0.15) is 5.56 Å². The second kappa shape index (κ2) is 7.93. The van der Waals surface area contributed by atoms with Gasteiger partial charge in [0, 0.05) is 16.8 Å². The number of rotatable bonds is 4. The molecule has 0 saturated carbocycles. The average molecular weight is 446 g/mol. The molecule has 0 aliphatic carbocycles. The highest BCUT2D eigenvalue weighted by Gasteiger charge is 2.25. The number of hydrogen-bond acceptors (Lipinski definition) is 8. The first kappa shape index (κ1) is 19.3. The van der Waals surface area contributed by atoms with Gasteiger partial charge in [-0.1, -0.05) is 6.07 Å². The lowest BCUT2D eigenvalue weighted by Crippen LogP contribution is -2.19. The van der Waals surface area contributed by atoms with Gasteiger partial charge in [-0.15, -0.1) is 5.10 Å². The predicted molar refractivity (Wildman–Crippen MR) is 98.1 cm³/mol. The van der Waals surface area contributed by atoms with Crippen molar-refractivity contribution in [2.24, 2.45) is 10.2 Å². The summed E-state index contributed by atoms with van der Waals surface area (Å²) < 4.78 is 28.0. The lowest BCUT2D eigenvalue weighted by Gasteiger charge is -2.02. The number of thioether (sulfide) groups is 1. The van der Waals surface area contributed by atoms with Gasteiger partial charge in [-0.2, -0.15) is 5.10 Å². The molecule has 0 aromatic heterocycles. The summed E-state index contributed by atoms with van der Waals surface area (Å²) >= 11 is 4.15. The van der Waals surface area contributed by atoms with Crippen LogP contribution in [0.2, 0.25) is 0 Å². The van der Waals surface area contributed by atoms with E-state index in [0.717, 1.165) is 24.1 Å². The summed E-state index contributed by atoms with van der Waals surface area (Å²) in [5.41, 5.74) is 0.614. The molecule has 25 heavy (non-hydrogen) atoms. The summed E-state index contributed by atoms with van der Waals surface area (Å²) in [5.74, 6) is -1.11. The first-order valence-corrected chi connectivity index (χ1v) is 10.1. The van der Waals surface area contributed by atoms with Gasteiger partial charge in [0.25, 0.3) is 5.91 Å². The Morgan fingerprint density at radius 1 is 1.40 bits per heavy atom. The minimum atomic E-state index is -3.32. The van der Waals surface area contributed by atoms with E-state index < -0.39 is 21.7 Å². The summed E-state index contributed by atoms with van der Waals surface area (Å²) in [6, 6.07) is 4.62. The van der Waals surface area contributed by atoms with Crippen LogP contribution in [-0.4, -0.2) is 45.0 Å². The Morgan fingerprint density at radius 2 is 2.12 bits per heavy atom. The number of amidine groups is 1. The van der Waals surface area contributed by atoms with Gasteiger partial charge in [0.05, 0.1) is 23.1 Å². The van der Waals surface area contributed by atoms with Crippen molar-refractivity contribution in [3.05, 3.63) is 39.2 Å². The number of ether oxygens (including phenoxy) is 1. The fourth-order valence-corrected chi connectivity index (χ4v) is 4.43. The highest BCUT2D eigenvalue weighted by atomic mass is 79.9. The number of nitrogens with zero attached hydrogens (tertiary/aromatic N) is 2. The van der Waals surface area contributed by atoms with Crippen molar-refractivity contribution in [2.75, 3.05) is 13.4 Å². The van der Waals surface area contributed by atoms with Crippen LogP contribution < -0.4 is 5.32 Å². The molecule has 11 heteroatoms. The first-order valence-electron chi connectivity index (χ1n) is 6.60. The van der Waals surface area contributed by atoms with Crippen molar-refractivity contribution in [1.82, 2.24) is 5.32 Å². The van der Waals surface area contributed by atoms with Gasteiger partial charge >= 0.3 is 5.97 Å². The maximum Gasteiger partial charge on any atom is 0.331 e. The van der Waals surface area contributed by atoms with Crippen LogP contribution in [0, 0.1) is 0 Å². The fourth-order valence-electron chi connectivity index (χ4n) is 1.69. The molecule has 1 fully saturated rings. The number of amides is 1. The van der Waals surface area contributed by atoms with Gasteiger partial charge in [0.1, 0.15) is 0 Å². The van der Waals surface area contributed by atoms with Crippen LogP contribution >= 0.6 is 27.7 Å². The number of halogens is 1. The highest BCUT2D eigenvalue weighted by molar-refractivity contribution is 9.10. The molecule has 1 saturated heterocycles. The van der Waals surface area contributed by atoms with Gasteiger partial charge in [-0.05, 0) is 45.4 Å². The molecular formula is C14H12BrN3O5S2. The third-order valence-corrected chi connectivity index (χ3v) is 5.79. The molecule has 1 N–H and O–H groups in total. The van der Waals surface area contributed by atoms with E-state index >= 15 is 0 Å². The van der Waals surface area contributed by atoms with Gasteiger partial charge in [0.15, 0.2) is 15.0 Å². The Hall–Kier alpha value is -1.98. The van der Waals surface area contributed by atoms with E-state index in [2.05, 4.69) is 36.2 Å². The van der Waals surface area contributed by atoms with Crippen LogP contribution in [-0.2, 0) is 24.2 Å². The second-order valence-electron chi connectivity index (χ2n) is 4.70. The topological polar surface area (TPSA) is 114 Å². The van der Waals surface area contributed by atoms with E-state index in [9.17, 15) is 18.0 Å². The molecule has 0 bridgehead atoms. The average Bonchev–Trinajstić information content (AvgIpc) is 2.85. The van der Waals surface area contributed by atoms with Crippen LogP contribution in [0.4, 0.5) is 0 Å². The van der Waals surface area contributed by atoms with E-state index in [1.807, 2.05) is 0 Å². The molecule has 1 heterocycles. The quantitative estimate of drug-likeness (QED) is 0.324. The number of benzene rings is 1. The number of esters is 1. The van der Waals surface area contributed by atoms with E-state index in [1.165, 1.54) is 19.4 Å². The number of methoxy groups -OCH3 is 1. The normalized spacial score (nSPS) is 18.1. The maximum absolute atomic E-state index is 11.6. The molecule has 0 unspecified atom stereocenters. The molecule has 1 aliphatic rings. The number of hydrogen-bond donors (Lipinski definition) is 1. The van der Waals surface area contributed by atoms with Crippen LogP contribution in [0.3, 0.4) is 0 Å². The van der Waals surface area contributed by atoms with Gasteiger partial charge in [-0.25, -0.2) is 13.2 Å². The molecule has 1 aromatic rings. The van der Waals surface area contributed by atoms with Crippen molar-refractivity contribution in [3.63, 3.8) is 0 Å². The largest absolute Gasteiger partial charge is 0.466 e. The fraction of sp³-hybridized carbons (Fsp3) is 0.143. The predicted octanol–water partition coefficient (Wildman–Crippen LogP) is 1.46. The Labute approximate surface area is 156 Å². The third-order valence-electron chi connectivity index (χ3n) is 2.81. The zero-order valence-electron chi connectivity index (χ0n) is 13.0. The van der Waals surface area contributed by atoms with Crippen LogP contribution in [0.25, 0.3) is 0 Å². The molecule has 1 aromatic carbocycles. The number of carbonyl (C=O) groups is 2. The van der Waals surface area contributed by atoms with Crippen LogP contribution in [0.5, 0.6) is 0 Å². The number of carbonyl (C=O) groups excluding carboxylic acids is 2. The maximum atomic E-state index is 11.6. The summed E-state index contributed by atoms with van der Waals surface area (Å²) in [6.45, 7) is 0. The molecule has 132 valence electrons. The summed E-state index contributed by atoms with van der Waals surface area (Å²) in [6.07, 6.45) is 3.58. The molecule has 0 spiro atoms. The smallest absolute Gasteiger partial charge is 0.331 e. The zero-order chi connectivity index (χ0) is 18.6. The summed E-state index contributed by atoms with van der Waals surface area (Å²) in [5, 5.41) is 10.3. The van der Waals surface area contributed by atoms with E-state index in [4.69, 9.17) is 0 Å². The molecule has 0 radical (unpaired) electrons. The SMILES string of the molecule is COC(=O)/C=C1/S/C(=N\N=Cc2ccc(S(C)(=O)=O)c(Br)c2)NC1=O. The van der Waals surface area contributed by atoms with Crippen molar-refractivity contribution in [1.29, 1.82) is 0 Å². The molecular weight excluding hydrogens is 434 g/mol. The van der Waals surface area contributed by atoms with Crippen molar-refractivity contribution in [3.8, 4) is 0 Å². The molecule has 8 nitrogen and oxygen atoms in total. The Balaban J connectivity index is 2.12. The standard InChI is InChI=1S/C14H12BrN3O5S2/c1-23-12(19)6-10-13(20)17-14(24-10)18-16-7-8-3-4-11(9(15)5-8)25(2,21)22/h3-7H,1-2H3,(H,17,18,20)/b10-6+,16-7?. The Kier molecular flexibility index (Phi) is 6.14. The molecule has 1 aliphatic heterocycles. The minimum absolute atomic E-state index is 0.154. The minimum Gasteiger partial charge on any atom is -0.466 e. The van der Waals surface area contributed by atoms with Gasteiger partial charge in [-0.3, -0.25) is 10.1 Å². The monoisotopic (exact) mass is 445 g/mol. The molecule has 1 amide bonds. The second-order valence-corrected chi connectivity index (χ2v) is 8.57. The van der Waals surface area contributed by atoms with Gasteiger partial charge in [0.2, 0.25) is 0 Å². The lowest BCUT2D eigenvalue weighted by atomic mass is 10.2. The molecule has 2 rings (SSSR count). The Morgan fingerprint density at radius 3 is 2.72 bits per heavy atom. The summed E-state index contributed by atoms with van der Waals surface area (Å²) in [4.78, 5) is 23.1. The van der Waals surface area contributed by atoms with Crippen molar-refractivity contribution < 1.29 is 22.7 Å². The zero-order valence-corrected chi connectivity index (χ0v) is 16.2. The third kappa shape index (κ3) is 5.25. The first-order chi connectivity index (χ1) is 11.7. The summed E-state index contributed by atoms with van der Waals surface area (Å²) in [7, 11) is -2.11. The molecule has 0 atom stereocenters. The number of sulfone groups is 1. The highest BCUT2D eigenvalue weighted by Crippen LogP contribution is 2.24. The van der Waals surface area contributed by atoms with E-state index in [0.29, 0.717) is 10.0 Å². The van der Waals surface area contributed by atoms with Crippen molar-refractivity contribution in [2.45, 2.75) is 4.90 Å². The lowest BCUT2D eigenvalue weighted by molar-refractivity contribution is -0.135.